The van der Waals surface area contributed by atoms with Crippen LogP contribution in [0.1, 0.15) is 12.8 Å². The Kier molecular flexibility index (Phi) is 3.11. The van der Waals surface area contributed by atoms with Crippen molar-refractivity contribution in [3.05, 3.63) is 18.6 Å². The van der Waals surface area contributed by atoms with Crippen LogP contribution >= 0.6 is 0 Å². The van der Waals surface area contributed by atoms with Crippen molar-refractivity contribution in [1.82, 2.24) is 15.3 Å². The van der Waals surface area contributed by atoms with Gasteiger partial charge in [-0.3, -0.25) is 4.79 Å². The van der Waals surface area contributed by atoms with Crippen LogP contribution < -0.4 is 10.6 Å². The molecule has 15 heavy (non-hydrogen) atoms. The Labute approximate surface area is 88.3 Å². The van der Waals surface area contributed by atoms with Gasteiger partial charge in [-0.2, -0.15) is 0 Å². The van der Waals surface area contributed by atoms with Crippen molar-refractivity contribution < 1.29 is 4.79 Å². The van der Waals surface area contributed by atoms with Gasteiger partial charge in [0.2, 0.25) is 5.91 Å². The minimum Gasteiger partial charge on any atom is -0.368 e. The van der Waals surface area contributed by atoms with E-state index in [0.717, 1.165) is 18.7 Å². The average molecular weight is 206 g/mol. The quantitative estimate of drug-likeness (QED) is 0.685. The summed E-state index contributed by atoms with van der Waals surface area (Å²) >= 11 is 0. The molecule has 0 atom stereocenters. The molecule has 1 amide bonds. The van der Waals surface area contributed by atoms with Gasteiger partial charge < -0.3 is 10.6 Å². The predicted molar refractivity (Wildman–Crippen MR) is 56.3 cm³/mol. The number of carbonyl (C=O) groups is 1. The third kappa shape index (κ3) is 3.19. The summed E-state index contributed by atoms with van der Waals surface area (Å²) in [6.45, 7) is 1.33. The SMILES string of the molecule is O=C(NCCNc1ccncn1)C1CC1. The fourth-order valence-electron chi connectivity index (χ4n) is 1.26. The van der Waals surface area contributed by atoms with E-state index in [1.807, 2.05) is 0 Å². The zero-order valence-electron chi connectivity index (χ0n) is 8.44. The highest BCUT2D eigenvalue weighted by molar-refractivity contribution is 5.80. The fourth-order valence-corrected chi connectivity index (χ4v) is 1.26. The number of nitrogens with one attached hydrogen (secondary N) is 2. The lowest BCUT2D eigenvalue weighted by Crippen LogP contribution is -2.29. The van der Waals surface area contributed by atoms with Crippen LogP contribution in [-0.2, 0) is 4.79 Å². The first-order valence-electron chi connectivity index (χ1n) is 5.14. The molecule has 2 rings (SSSR count). The predicted octanol–water partition coefficient (Wildman–Crippen LogP) is 0.415. The zero-order chi connectivity index (χ0) is 10.5. The Morgan fingerprint density at radius 3 is 3.00 bits per heavy atom. The van der Waals surface area contributed by atoms with Crippen LogP contribution in [0.15, 0.2) is 18.6 Å². The molecular weight excluding hydrogens is 192 g/mol. The number of amides is 1. The molecule has 0 aromatic carbocycles. The van der Waals surface area contributed by atoms with E-state index in [2.05, 4.69) is 20.6 Å². The fraction of sp³-hybridized carbons (Fsp3) is 0.500. The molecule has 1 fully saturated rings. The van der Waals surface area contributed by atoms with Gasteiger partial charge in [-0.1, -0.05) is 0 Å². The Morgan fingerprint density at radius 1 is 1.47 bits per heavy atom. The van der Waals surface area contributed by atoms with E-state index in [4.69, 9.17) is 0 Å². The molecule has 5 nitrogen and oxygen atoms in total. The summed E-state index contributed by atoms with van der Waals surface area (Å²) in [5, 5.41) is 5.96. The number of nitrogens with zero attached hydrogens (tertiary/aromatic N) is 2. The highest BCUT2D eigenvalue weighted by Gasteiger charge is 2.28. The lowest BCUT2D eigenvalue weighted by Gasteiger charge is -2.06. The largest absolute Gasteiger partial charge is 0.368 e. The van der Waals surface area contributed by atoms with Crippen LogP contribution in [0.4, 0.5) is 5.82 Å². The van der Waals surface area contributed by atoms with E-state index in [-0.39, 0.29) is 11.8 Å². The average Bonchev–Trinajstić information content (AvgIpc) is 3.09. The molecular formula is C10H14N4O. The molecule has 0 radical (unpaired) electrons. The summed E-state index contributed by atoms with van der Waals surface area (Å²) in [6, 6.07) is 1.79. The normalized spacial score (nSPS) is 14.7. The van der Waals surface area contributed by atoms with Crippen molar-refractivity contribution in [2.75, 3.05) is 18.4 Å². The molecule has 0 unspecified atom stereocenters. The second-order valence-electron chi connectivity index (χ2n) is 3.59. The Bertz CT molecular complexity index is 323. The first kappa shape index (κ1) is 9.89. The maximum Gasteiger partial charge on any atom is 0.223 e. The molecule has 2 N–H and O–H groups in total. The standard InChI is InChI=1S/C10H14N4O/c15-10(8-1-2-8)13-6-5-12-9-3-4-11-7-14-9/h3-4,7-8H,1-2,5-6H2,(H,13,15)(H,11,12,14). The van der Waals surface area contributed by atoms with E-state index in [1.165, 1.54) is 6.33 Å². The summed E-state index contributed by atoms with van der Waals surface area (Å²) < 4.78 is 0. The van der Waals surface area contributed by atoms with Crippen LogP contribution in [0.3, 0.4) is 0 Å². The highest BCUT2D eigenvalue weighted by atomic mass is 16.2. The number of aromatic nitrogens is 2. The van der Waals surface area contributed by atoms with Crippen molar-refractivity contribution in [2.24, 2.45) is 5.92 Å². The summed E-state index contributed by atoms with van der Waals surface area (Å²) in [7, 11) is 0. The van der Waals surface area contributed by atoms with Gasteiger partial charge in [0.15, 0.2) is 0 Å². The number of hydrogen-bond acceptors (Lipinski definition) is 4. The summed E-state index contributed by atoms with van der Waals surface area (Å²) in [5.41, 5.74) is 0. The minimum atomic E-state index is 0.180. The van der Waals surface area contributed by atoms with Gasteiger partial charge in [-0.25, -0.2) is 9.97 Å². The van der Waals surface area contributed by atoms with Crippen molar-refractivity contribution in [3.8, 4) is 0 Å². The third-order valence-corrected chi connectivity index (χ3v) is 2.26. The van der Waals surface area contributed by atoms with Crippen LogP contribution in [0.2, 0.25) is 0 Å². The summed E-state index contributed by atoms with van der Waals surface area (Å²) in [5.74, 6) is 1.24. The first-order valence-corrected chi connectivity index (χ1v) is 5.14. The first-order chi connectivity index (χ1) is 7.36. The van der Waals surface area contributed by atoms with E-state index in [1.54, 1.807) is 12.3 Å². The number of hydrogen-bond donors (Lipinski definition) is 2. The van der Waals surface area contributed by atoms with Crippen LogP contribution in [0.25, 0.3) is 0 Å². The van der Waals surface area contributed by atoms with Gasteiger partial charge in [0, 0.05) is 25.2 Å². The second kappa shape index (κ2) is 4.72. The molecule has 1 aromatic rings. The van der Waals surface area contributed by atoms with E-state index in [9.17, 15) is 4.79 Å². The van der Waals surface area contributed by atoms with Gasteiger partial charge in [-0.15, -0.1) is 0 Å². The highest BCUT2D eigenvalue weighted by Crippen LogP contribution is 2.28. The van der Waals surface area contributed by atoms with Crippen molar-refractivity contribution >= 4 is 11.7 Å². The molecule has 0 bridgehead atoms. The monoisotopic (exact) mass is 206 g/mol. The van der Waals surface area contributed by atoms with E-state index < -0.39 is 0 Å². The molecule has 1 aliphatic carbocycles. The topological polar surface area (TPSA) is 66.9 Å². The number of carbonyl (C=O) groups excluding carboxylic acids is 1. The molecule has 1 heterocycles. The van der Waals surface area contributed by atoms with Crippen molar-refractivity contribution in [3.63, 3.8) is 0 Å². The smallest absolute Gasteiger partial charge is 0.223 e. The molecule has 1 aromatic heterocycles. The molecule has 5 heteroatoms. The van der Waals surface area contributed by atoms with Crippen LogP contribution in [0.5, 0.6) is 0 Å². The lowest BCUT2D eigenvalue weighted by atomic mass is 10.4. The number of anilines is 1. The molecule has 0 saturated heterocycles. The molecule has 80 valence electrons. The molecule has 0 spiro atoms. The van der Waals surface area contributed by atoms with Gasteiger partial charge in [-0.05, 0) is 18.9 Å². The van der Waals surface area contributed by atoms with Gasteiger partial charge >= 0.3 is 0 Å². The van der Waals surface area contributed by atoms with E-state index in [0.29, 0.717) is 13.1 Å². The lowest BCUT2D eigenvalue weighted by molar-refractivity contribution is -0.122. The molecule has 1 saturated carbocycles. The second-order valence-corrected chi connectivity index (χ2v) is 3.59. The van der Waals surface area contributed by atoms with E-state index >= 15 is 0 Å². The molecule has 1 aliphatic rings. The molecule has 0 aliphatic heterocycles. The van der Waals surface area contributed by atoms with Gasteiger partial charge in [0.05, 0.1) is 0 Å². The third-order valence-electron chi connectivity index (χ3n) is 2.26. The maximum absolute atomic E-state index is 11.3. The summed E-state index contributed by atoms with van der Waals surface area (Å²) in [6.07, 6.45) is 5.26. The Balaban J connectivity index is 1.60. The summed E-state index contributed by atoms with van der Waals surface area (Å²) in [4.78, 5) is 19.1. The van der Waals surface area contributed by atoms with Crippen molar-refractivity contribution in [2.45, 2.75) is 12.8 Å². The minimum absolute atomic E-state index is 0.180. The maximum atomic E-state index is 11.3. The van der Waals surface area contributed by atoms with Gasteiger partial charge in [0.1, 0.15) is 12.1 Å². The van der Waals surface area contributed by atoms with Crippen LogP contribution in [0, 0.1) is 5.92 Å². The number of rotatable bonds is 5. The zero-order valence-corrected chi connectivity index (χ0v) is 8.44. The Morgan fingerprint density at radius 2 is 2.33 bits per heavy atom. The van der Waals surface area contributed by atoms with Crippen LogP contribution in [-0.4, -0.2) is 29.0 Å². The van der Waals surface area contributed by atoms with Gasteiger partial charge in [0.25, 0.3) is 0 Å². The Hall–Kier alpha value is -1.65. The van der Waals surface area contributed by atoms with Crippen molar-refractivity contribution in [1.29, 1.82) is 0 Å².